The molecule has 0 bridgehead atoms. The number of likely N-dealkylation sites (N-methyl/N-ethyl adjacent to an activating group) is 1. The van der Waals surface area contributed by atoms with Crippen molar-refractivity contribution in [1.29, 1.82) is 0 Å². The van der Waals surface area contributed by atoms with Crippen LogP contribution in [-0.4, -0.2) is 121 Å². The lowest BCUT2D eigenvalue weighted by Crippen LogP contribution is -2.49. The third kappa shape index (κ3) is 15.3. The van der Waals surface area contributed by atoms with Crippen LogP contribution in [0.4, 0.5) is 0 Å². The molecule has 1 saturated heterocycles. The van der Waals surface area contributed by atoms with Crippen LogP contribution < -0.4 is 15.4 Å². The number of nitrogens with zero attached hydrogens (tertiary/aromatic N) is 1. The van der Waals surface area contributed by atoms with Crippen LogP contribution in [-0.2, 0) is 55.1 Å². The summed E-state index contributed by atoms with van der Waals surface area (Å²) < 4.78 is 64.0. The number of sulfonamides is 2. The highest BCUT2D eigenvalue weighted by Crippen LogP contribution is 2.38. The molecule has 0 spiro atoms. The summed E-state index contributed by atoms with van der Waals surface area (Å²) >= 11 is 0. The Labute approximate surface area is 386 Å². The molecular weight excluding hydrogens is 889 g/mol. The van der Waals surface area contributed by atoms with Gasteiger partial charge in [-0.1, -0.05) is 83.4 Å². The molecule has 66 heavy (non-hydrogen) atoms. The van der Waals surface area contributed by atoms with Crippen LogP contribution in [0, 0.1) is 42.9 Å². The van der Waals surface area contributed by atoms with Gasteiger partial charge >= 0.3 is 11.9 Å². The molecule has 3 aromatic carbocycles. The van der Waals surface area contributed by atoms with Crippen molar-refractivity contribution < 1.29 is 55.7 Å². The number of benzene rings is 3. The van der Waals surface area contributed by atoms with Crippen molar-refractivity contribution >= 4 is 43.7 Å². The molecule has 3 aromatic rings. The first-order valence-corrected chi connectivity index (χ1v) is 23.8. The Bertz CT molecular complexity index is 2600. The summed E-state index contributed by atoms with van der Waals surface area (Å²) in [7, 11) is -3.62. The lowest BCUT2D eigenvalue weighted by molar-refractivity contribution is -0.142. The van der Waals surface area contributed by atoms with E-state index < -0.39 is 68.0 Å². The quantitative estimate of drug-likeness (QED) is 0.115. The van der Waals surface area contributed by atoms with Crippen LogP contribution in [0.25, 0.3) is 0 Å². The third-order valence-electron chi connectivity index (χ3n) is 10.7. The Morgan fingerprint density at radius 2 is 1.41 bits per heavy atom. The van der Waals surface area contributed by atoms with Crippen molar-refractivity contribution in [3.63, 3.8) is 0 Å². The molecule has 2 aliphatic rings. The number of carboxylic acids is 2. The van der Waals surface area contributed by atoms with Gasteiger partial charge in [-0.05, 0) is 94.1 Å². The summed E-state index contributed by atoms with van der Waals surface area (Å²) in [6.07, 6.45) is 6.75. The molecule has 18 heteroatoms. The van der Waals surface area contributed by atoms with Gasteiger partial charge in [-0.15, -0.1) is 0 Å². The van der Waals surface area contributed by atoms with Crippen molar-refractivity contribution in [3.05, 3.63) is 119 Å². The molecule has 5 rings (SSSR count). The maximum Gasteiger partial charge on any atom is 0.326 e. The SMILES string of the molecule is COCC#CC1=CCC(CC(NS(=O)(=O)c2ccc(C)cc2)C(=O)O)(C(=O)[C@@H]2CCCN2)C=C1.COCC#Cc1ccc(CC(NC(=O)CN(C)S(=O)(=O)c2ccc(C)cc2)C(=O)O)cc1. The van der Waals surface area contributed by atoms with E-state index in [1.54, 1.807) is 81.0 Å². The van der Waals surface area contributed by atoms with E-state index in [0.29, 0.717) is 30.7 Å². The van der Waals surface area contributed by atoms with Crippen molar-refractivity contribution in [2.24, 2.45) is 5.41 Å². The number of aliphatic carboxylic acids is 2. The van der Waals surface area contributed by atoms with Crippen molar-refractivity contribution in [3.8, 4) is 23.7 Å². The van der Waals surface area contributed by atoms with Gasteiger partial charge in [0, 0.05) is 38.8 Å². The molecule has 1 fully saturated rings. The number of rotatable bonds is 18. The smallest absolute Gasteiger partial charge is 0.326 e. The fraction of sp³-hybridized carbons (Fsp3) is 0.375. The van der Waals surface area contributed by atoms with Gasteiger partial charge in [-0.2, -0.15) is 9.03 Å². The van der Waals surface area contributed by atoms with E-state index in [4.69, 9.17) is 9.47 Å². The number of hydrogen-bond donors (Lipinski definition) is 5. The van der Waals surface area contributed by atoms with Gasteiger partial charge in [-0.3, -0.25) is 14.4 Å². The second kappa shape index (κ2) is 24.5. The van der Waals surface area contributed by atoms with Gasteiger partial charge in [0.2, 0.25) is 26.0 Å². The van der Waals surface area contributed by atoms with E-state index in [1.165, 1.54) is 31.3 Å². The highest BCUT2D eigenvalue weighted by Gasteiger charge is 2.45. The first kappa shape index (κ1) is 52.7. The fourth-order valence-electron chi connectivity index (χ4n) is 6.97. The van der Waals surface area contributed by atoms with Gasteiger partial charge < -0.3 is 30.3 Å². The average Bonchev–Trinajstić information content (AvgIpc) is 3.83. The summed E-state index contributed by atoms with van der Waals surface area (Å²) in [4.78, 5) is 49.7. The number of ketones is 1. The van der Waals surface area contributed by atoms with Crippen molar-refractivity contribution in [1.82, 2.24) is 19.7 Å². The number of amides is 1. The summed E-state index contributed by atoms with van der Waals surface area (Å²) in [6, 6.07) is 16.2. The lowest BCUT2D eigenvalue weighted by Gasteiger charge is -2.35. The number of carbonyl (C=O) groups excluding carboxylic acids is 2. The number of ether oxygens (including phenoxy) is 2. The maximum absolute atomic E-state index is 13.6. The molecular formula is C48H56N4O12S2. The van der Waals surface area contributed by atoms with Gasteiger partial charge in [0.15, 0.2) is 5.78 Å². The van der Waals surface area contributed by atoms with Gasteiger partial charge in [0.1, 0.15) is 25.3 Å². The van der Waals surface area contributed by atoms with E-state index in [0.717, 1.165) is 27.4 Å². The number of carbonyl (C=O) groups is 4. The monoisotopic (exact) mass is 944 g/mol. The van der Waals surface area contributed by atoms with E-state index in [2.05, 4.69) is 39.0 Å². The van der Waals surface area contributed by atoms with Gasteiger partial charge in [-0.25, -0.2) is 21.6 Å². The van der Waals surface area contributed by atoms with E-state index in [1.807, 2.05) is 13.8 Å². The Morgan fingerprint density at radius 3 is 1.92 bits per heavy atom. The van der Waals surface area contributed by atoms with Crippen LogP contribution in [0.1, 0.15) is 47.9 Å². The second-order valence-electron chi connectivity index (χ2n) is 15.8. The van der Waals surface area contributed by atoms with Crippen LogP contribution in [0.5, 0.6) is 0 Å². The number of nitrogens with one attached hydrogen (secondary N) is 3. The zero-order valence-electron chi connectivity index (χ0n) is 37.5. The van der Waals surface area contributed by atoms with Crippen molar-refractivity contribution in [2.75, 3.05) is 47.6 Å². The molecule has 16 nitrogen and oxygen atoms in total. The molecule has 0 aromatic heterocycles. The molecule has 0 radical (unpaired) electrons. The predicted molar refractivity (Wildman–Crippen MR) is 247 cm³/mol. The molecule has 352 valence electrons. The topological polar surface area (TPSA) is 235 Å². The van der Waals surface area contributed by atoms with Crippen LogP contribution in [0.3, 0.4) is 0 Å². The molecule has 1 aliphatic heterocycles. The molecule has 5 N–H and O–H groups in total. The van der Waals surface area contributed by atoms with Crippen molar-refractivity contribution in [2.45, 2.75) is 73.9 Å². The van der Waals surface area contributed by atoms with E-state index in [-0.39, 0.29) is 41.4 Å². The van der Waals surface area contributed by atoms with Crippen LogP contribution in [0.15, 0.2) is 106 Å². The van der Waals surface area contributed by atoms with Crippen LogP contribution in [0.2, 0.25) is 0 Å². The Hall–Kier alpha value is -5.96. The fourth-order valence-corrected chi connectivity index (χ4v) is 9.29. The first-order valence-electron chi connectivity index (χ1n) is 20.9. The number of hydrogen-bond acceptors (Lipinski definition) is 11. The highest BCUT2D eigenvalue weighted by atomic mass is 32.2. The largest absolute Gasteiger partial charge is 0.480 e. The number of aryl methyl sites for hydroxylation is 2. The summed E-state index contributed by atoms with van der Waals surface area (Å²) in [6.45, 7) is 4.44. The predicted octanol–water partition coefficient (Wildman–Crippen LogP) is 3.39. The normalized spacial score (nSPS) is 17.7. The minimum atomic E-state index is -4.10. The molecule has 3 unspecified atom stereocenters. The summed E-state index contributed by atoms with van der Waals surface area (Å²) in [5.41, 5.74) is 2.76. The van der Waals surface area contributed by atoms with Crippen LogP contribution >= 0.6 is 0 Å². The zero-order valence-corrected chi connectivity index (χ0v) is 39.1. The Kier molecular flexibility index (Phi) is 19.6. The third-order valence-corrected chi connectivity index (χ3v) is 14.0. The molecule has 1 heterocycles. The maximum atomic E-state index is 13.6. The zero-order chi connectivity index (χ0) is 48.5. The number of Topliss-reactive ketones (excluding diaryl/α,β-unsaturated/α-hetero) is 1. The Morgan fingerprint density at radius 1 is 0.833 bits per heavy atom. The van der Waals surface area contributed by atoms with Gasteiger partial charge in [0.05, 0.1) is 27.8 Å². The second-order valence-corrected chi connectivity index (χ2v) is 19.6. The minimum Gasteiger partial charge on any atom is -0.480 e. The highest BCUT2D eigenvalue weighted by molar-refractivity contribution is 7.89. The lowest BCUT2D eigenvalue weighted by atomic mass is 9.70. The first-order chi connectivity index (χ1) is 31.3. The standard InChI is InChI=1S/C25H30N2O6S.C23H26N2O6S/c1-18-7-9-20(10-8-18)34(31,32)27-22(24(29)30)17-25(23(28)21-6-3-15-26-21)13-11-19(12-14-25)5-4-16-33-2;1-17-6-12-20(13-7-17)32(29,30)25(2)16-22(26)24-21(23(27)28)15-19-10-8-18(9-11-19)5-4-14-31-3/h7-13,21-22,26-27H,3,6,14-17H2,1-2H3,(H,29,30);6-13,21H,14-16H2,1-3H3,(H,24,26)(H,27,28)/t21-,22?,25?;/m0./s1. The number of carboxylic acid groups (broad SMARTS) is 2. The molecule has 4 atom stereocenters. The van der Waals surface area contributed by atoms with E-state index in [9.17, 15) is 46.2 Å². The summed E-state index contributed by atoms with van der Waals surface area (Å²) in [5, 5.41) is 25.0. The van der Waals surface area contributed by atoms with E-state index >= 15 is 0 Å². The molecule has 1 amide bonds. The average molecular weight is 945 g/mol. The summed E-state index contributed by atoms with van der Waals surface area (Å²) in [5.74, 6) is 8.13. The minimum absolute atomic E-state index is 0.0306. The number of methoxy groups -OCH3 is 2. The Balaban J connectivity index is 0.000000289. The number of allylic oxidation sites excluding steroid dienone is 4. The molecule has 1 aliphatic carbocycles. The molecule has 0 saturated carbocycles. The van der Waals surface area contributed by atoms with Gasteiger partial charge in [0.25, 0.3) is 0 Å².